The van der Waals surface area contributed by atoms with Crippen LogP contribution < -0.4 is 4.74 Å². The lowest BCUT2D eigenvalue weighted by Crippen LogP contribution is -2.40. The molecule has 1 N–H and O–H groups in total. The first-order chi connectivity index (χ1) is 9.54. The van der Waals surface area contributed by atoms with Crippen LogP contribution >= 0.6 is 0 Å². The molecule has 1 aromatic carbocycles. The number of nitrogens with zero attached hydrogens (tertiary/aromatic N) is 1. The number of rotatable bonds is 8. The second-order valence-corrected chi connectivity index (χ2v) is 4.68. The topological polar surface area (TPSA) is 66.8 Å². The lowest BCUT2D eigenvalue weighted by Gasteiger charge is -2.24. The fourth-order valence-corrected chi connectivity index (χ4v) is 1.75. The maximum absolute atomic E-state index is 12.1. The van der Waals surface area contributed by atoms with Gasteiger partial charge in [-0.1, -0.05) is 32.0 Å². The zero-order chi connectivity index (χ0) is 15.0. The number of ether oxygens (including phenoxy) is 1. The van der Waals surface area contributed by atoms with Gasteiger partial charge in [0.25, 0.3) is 5.91 Å². The van der Waals surface area contributed by atoms with Gasteiger partial charge >= 0.3 is 5.97 Å². The second kappa shape index (κ2) is 8.19. The first kappa shape index (κ1) is 16.0. The summed E-state index contributed by atoms with van der Waals surface area (Å²) in [6, 6.07) is 9.08. The monoisotopic (exact) mass is 279 g/mol. The predicted molar refractivity (Wildman–Crippen MR) is 75.6 cm³/mol. The van der Waals surface area contributed by atoms with Crippen LogP contribution in [-0.2, 0) is 9.59 Å². The summed E-state index contributed by atoms with van der Waals surface area (Å²) in [6.07, 6.45) is 0.781. The van der Waals surface area contributed by atoms with E-state index in [9.17, 15) is 9.59 Å². The lowest BCUT2D eigenvalue weighted by atomic mass is 10.1. The number of para-hydroxylation sites is 1. The molecule has 0 aliphatic carbocycles. The Morgan fingerprint density at radius 3 is 2.50 bits per heavy atom. The van der Waals surface area contributed by atoms with Gasteiger partial charge in [0.05, 0.1) is 5.92 Å². The molecule has 0 aromatic heterocycles. The maximum atomic E-state index is 12.1. The molecule has 0 aliphatic rings. The standard InChI is InChI=1S/C15H21NO4/c1-3-9-16(10-12(2)15(18)19)14(17)11-20-13-7-5-4-6-8-13/h4-8,12H,3,9-11H2,1-2H3,(H,18,19). The van der Waals surface area contributed by atoms with Crippen LogP contribution in [0.1, 0.15) is 20.3 Å². The molecule has 1 atom stereocenters. The van der Waals surface area contributed by atoms with Crippen LogP contribution in [-0.4, -0.2) is 41.6 Å². The third-order valence-electron chi connectivity index (χ3n) is 2.87. The molecule has 0 heterocycles. The number of carbonyl (C=O) groups is 2. The molecule has 1 unspecified atom stereocenters. The number of carboxylic acids is 1. The van der Waals surface area contributed by atoms with E-state index < -0.39 is 11.9 Å². The van der Waals surface area contributed by atoms with Gasteiger partial charge in [0, 0.05) is 13.1 Å². The maximum Gasteiger partial charge on any atom is 0.308 e. The molecule has 20 heavy (non-hydrogen) atoms. The molecule has 1 aromatic rings. The minimum Gasteiger partial charge on any atom is -0.484 e. The van der Waals surface area contributed by atoms with Gasteiger partial charge in [0.15, 0.2) is 6.61 Å². The van der Waals surface area contributed by atoms with Crippen molar-refractivity contribution in [3.05, 3.63) is 30.3 Å². The van der Waals surface area contributed by atoms with Crippen molar-refractivity contribution in [3.8, 4) is 5.75 Å². The van der Waals surface area contributed by atoms with Crippen molar-refractivity contribution in [2.45, 2.75) is 20.3 Å². The van der Waals surface area contributed by atoms with Gasteiger partial charge < -0.3 is 14.7 Å². The largest absolute Gasteiger partial charge is 0.484 e. The molecule has 0 aliphatic heterocycles. The summed E-state index contributed by atoms with van der Waals surface area (Å²) in [7, 11) is 0. The Bertz CT molecular complexity index is 433. The Morgan fingerprint density at radius 2 is 1.95 bits per heavy atom. The number of hydrogen-bond donors (Lipinski definition) is 1. The number of benzene rings is 1. The van der Waals surface area contributed by atoms with Gasteiger partial charge in [-0.25, -0.2) is 0 Å². The van der Waals surface area contributed by atoms with Gasteiger partial charge in [-0.2, -0.15) is 0 Å². The normalized spacial score (nSPS) is 11.7. The number of amides is 1. The van der Waals surface area contributed by atoms with E-state index in [-0.39, 0.29) is 19.1 Å². The second-order valence-electron chi connectivity index (χ2n) is 4.68. The molecule has 5 heteroatoms. The summed E-state index contributed by atoms with van der Waals surface area (Å²) >= 11 is 0. The fourth-order valence-electron chi connectivity index (χ4n) is 1.75. The average molecular weight is 279 g/mol. The van der Waals surface area contributed by atoms with Gasteiger partial charge in [0.1, 0.15) is 5.75 Å². The molecule has 0 spiro atoms. The van der Waals surface area contributed by atoms with Crippen molar-refractivity contribution in [1.82, 2.24) is 4.90 Å². The highest BCUT2D eigenvalue weighted by atomic mass is 16.5. The van der Waals surface area contributed by atoms with Crippen molar-refractivity contribution in [3.63, 3.8) is 0 Å². The summed E-state index contributed by atoms with van der Waals surface area (Å²) in [4.78, 5) is 24.5. The van der Waals surface area contributed by atoms with Crippen molar-refractivity contribution < 1.29 is 19.4 Å². The van der Waals surface area contributed by atoms with Crippen molar-refractivity contribution >= 4 is 11.9 Å². The highest BCUT2D eigenvalue weighted by molar-refractivity contribution is 5.78. The van der Waals surface area contributed by atoms with Gasteiger partial charge in [-0.15, -0.1) is 0 Å². The fraction of sp³-hybridized carbons (Fsp3) is 0.467. The van der Waals surface area contributed by atoms with Crippen LogP contribution in [0, 0.1) is 5.92 Å². The summed E-state index contributed by atoms with van der Waals surface area (Å²) in [5, 5.41) is 8.92. The van der Waals surface area contributed by atoms with E-state index in [4.69, 9.17) is 9.84 Å². The SMILES string of the molecule is CCCN(CC(C)C(=O)O)C(=O)COc1ccccc1. The first-order valence-electron chi connectivity index (χ1n) is 6.73. The zero-order valence-electron chi connectivity index (χ0n) is 11.9. The molecule has 0 radical (unpaired) electrons. The smallest absolute Gasteiger partial charge is 0.308 e. The van der Waals surface area contributed by atoms with E-state index in [0.29, 0.717) is 12.3 Å². The van der Waals surface area contributed by atoms with Crippen molar-refractivity contribution in [1.29, 1.82) is 0 Å². The molecule has 0 saturated heterocycles. The van der Waals surface area contributed by atoms with Gasteiger partial charge in [0.2, 0.25) is 0 Å². The highest BCUT2D eigenvalue weighted by Crippen LogP contribution is 2.09. The van der Waals surface area contributed by atoms with Gasteiger partial charge in [-0.05, 0) is 18.6 Å². The Morgan fingerprint density at radius 1 is 1.30 bits per heavy atom. The van der Waals surface area contributed by atoms with Crippen LogP contribution in [0.3, 0.4) is 0 Å². The minimum atomic E-state index is -0.900. The minimum absolute atomic E-state index is 0.0731. The third kappa shape index (κ3) is 5.30. The van der Waals surface area contributed by atoms with Crippen LogP contribution in [0.4, 0.5) is 0 Å². The van der Waals surface area contributed by atoms with E-state index >= 15 is 0 Å². The Balaban J connectivity index is 2.53. The molecule has 0 fully saturated rings. The predicted octanol–water partition coefficient (Wildman–Crippen LogP) is 2.02. The summed E-state index contributed by atoms with van der Waals surface area (Å²) in [6.45, 7) is 4.21. The lowest BCUT2D eigenvalue weighted by molar-refractivity contribution is -0.143. The summed E-state index contributed by atoms with van der Waals surface area (Å²) < 4.78 is 5.40. The Kier molecular flexibility index (Phi) is 6.56. The van der Waals surface area contributed by atoms with Crippen LogP contribution in [0.25, 0.3) is 0 Å². The molecule has 0 bridgehead atoms. The van der Waals surface area contributed by atoms with Crippen LogP contribution in [0.15, 0.2) is 30.3 Å². The Hall–Kier alpha value is -2.04. The van der Waals surface area contributed by atoms with E-state index in [0.717, 1.165) is 6.42 Å². The zero-order valence-corrected chi connectivity index (χ0v) is 11.9. The number of hydrogen-bond acceptors (Lipinski definition) is 3. The van der Waals surface area contributed by atoms with Crippen LogP contribution in [0.5, 0.6) is 5.75 Å². The third-order valence-corrected chi connectivity index (χ3v) is 2.87. The van der Waals surface area contributed by atoms with E-state index in [1.165, 1.54) is 0 Å². The molecule has 0 saturated carbocycles. The molecular weight excluding hydrogens is 258 g/mol. The quantitative estimate of drug-likeness (QED) is 0.790. The van der Waals surface area contributed by atoms with Crippen LogP contribution in [0.2, 0.25) is 0 Å². The van der Waals surface area contributed by atoms with Crippen molar-refractivity contribution in [2.75, 3.05) is 19.7 Å². The van der Waals surface area contributed by atoms with E-state index in [2.05, 4.69) is 0 Å². The average Bonchev–Trinajstić information content (AvgIpc) is 2.45. The molecular formula is C15H21NO4. The molecule has 1 amide bonds. The molecule has 5 nitrogen and oxygen atoms in total. The summed E-state index contributed by atoms with van der Waals surface area (Å²) in [5.74, 6) is -1.04. The highest BCUT2D eigenvalue weighted by Gasteiger charge is 2.20. The molecule has 110 valence electrons. The number of aliphatic carboxylic acids is 1. The molecule has 1 rings (SSSR count). The summed E-state index contributed by atoms with van der Waals surface area (Å²) in [5.41, 5.74) is 0. The Labute approximate surface area is 119 Å². The van der Waals surface area contributed by atoms with Gasteiger partial charge in [-0.3, -0.25) is 9.59 Å². The van der Waals surface area contributed by atoms with Crippen molar-refractivity contribution in [2.24, 2.45) is 5.92 Å². The van der Waals surface area contributed by atoms with E-state index in [1.807, 2.05) is 25.1 Å². The number of carboxylic acid groups (broad SMARTS) is 1. The van der Waals surface area contributed by atoms with E-state index in [1.54, 1.807) is 24.0 Å². The first-order valence-corrected chi connectivity index (χ1v) is 6.73. The number of carbonyl (C=O) groups excluding carboxylic acids is 1.